The van der Waals surface area contributed by atoms with Gasteiger partial charge in [0.05, 0.1) is 6.10 Å². The Kier molecular flexibility index (Phi) is 3.03. The van der Waals surface area contributed by atoms with Crippen molar-refractivity contribution in [3.63, 3.8) is 0 Å². The second-order valence-electron chi connectivity index (χ2n) is 6.75. The van der Waals surface area contributed by atoms with E-state index in [-0.39, 0.29) is 6.10 Å². The van der Waals surface area contributed by atoms with E-state index in [2.05, 4.69) is 42.5 Å². The second-order valence-corrected chi connectivity index (χ2v) is 6.75. The fraction of sp³-hybridized carbons (Fsp3) is 0.474. The van der Waals surface area contributed by atoms with Gasteiger partial charge in [-0.3, -0.25) is 0 Å². The van der Waals surface area contributed by atoms with Crippen LogP contribution < -0.4 is 0 Å². The molecular formula is C19H22O. The number of aliphatic hydroxyl groups is 1. The molecule has 20 heavy (non-hydrogen) atoms. The molecule has 2 aromatic carbocycles. The van der Waals surface area contributed by atoms with Crippen LogP contribution in [-0.2, 0) is 6.42 Å². The summed E-state index contributed by atoms with van der Waals surface area (Å²) in [6.45, 7) is 0. The topological polar surface area (TPSA) is 20.2 Å². The van der Waals surface area contributed by atoms with E-state index in [9.17, 15) is 5.11 Å². The van der Waals surface area contributed by atoms with E-state index in [0.29, 0.717) is 5.92 Å². The summed E-state index contributed by atoms with van der Waals surface area (Å²) in [5.74, 6) is 2.25. The average Bonchev–Trinajstić information content (AvgIpc) is 3.10. The van der Waals surface area contributed by atoms with Crippen molar-refractivity contribution in [1.29, 1.82) is 0 Å². The molecule has 2 aromatic rings. The van der Waals surface area contributed by atoms with Gasteiger partial charge >= 0.3 is 0 Å². The zero-order valence-corrected chi connectivity index (χ0v) is 11.8. The van der Waals surface area contributed by atoms with Crippen molar-refractivity contribution in [2.45, 2.75) is 38.2 Å². The maximum atomic E-state index is 10.7. The molecule has 104 valence electrons. The summed E-state index contributed by atoms with van der Waals surface area (Å²) < 4.78 is 0. The molecular weight excluding hydrogens is 244 g/mol. The Morgan fingerprint density at radius 2 is 1.85 bits per heavy atom. The van der Waals surface area contributed by atoms with E-state index in [1.165, 1.54) is 42.0 Å². The quantitative estimate of drug-likeness (QED) is 0.883. The number of benzene rings is 2. The van der Waals surface area contributed by atoms with Crippen LogP contribution >= 0.6 is 0 Å². The Balaban J connectivity index is 1.58. The van der Waals surface area contributed by atoms with Gasteiger partial charge in [-0.15, -0.1) is 0 Å². The highest BCUT2D eigenvalue weighted by molar-refractivity contribution is 5.85. The fourth-order valence-corrected chi connectivity index (χ4v) is 4.61. The highest BCUT2D eigenvalue weighted by atomic mass is 16.3. The first-order valence-electron chi connectivity index (χ1n) is 7.96. The van der Waals surface area contributed by atoms with Crippen molar-refractivity contribution in [3.05, 3.63) is 48.0 Å². The molecule has 0 aromatic heterocycles. The van der Waals surface area contributed by atoms with Gasteiger partial charge in [-0.05, 0) is 59.8 Å². The molecule has 2 bridgehead atoms. The van der Waals surface area contributed by atoms with Gasteiger partial charge in [0.25, 0.3) is 0 Å². The molecule has 4 atom stereocenters. The Labute approximate surface area is 120 Å². The Bertz CT molecular complexity index is 613. The Hall–Kier alpha value is -1.34. The third kappa shape index (κ3) is 2.05. The normalized spacial score (nSPS) is 29.9. The molecule has 0 aliphatic heterocycles. The van der Waals surface area contributed by atoms with Crippen molar-refractivity contribution in [2.75, 3.05) is 0 Å². The van der Waals surface area contributed by atoms with Crippen LogP contribution in [0.2, 0.25) is 0 Å². The molecule has 1 heteroatoms. The van der Waals surface area contributed by atoms with Crippen molar-refractivity contribution in [1.82, 2.24) is 0 Å². The monoisotopic (exact) mass is 266 g/mol. The van der Waals surface area contributed by atoms with Crippen molar-refractivity contribution in [2.24, 2.45) is 17.8 Å². The highest BCUT2D eigenvalue weighted by Crippen LogP contribution is 2.50. The van der Waals surface area contributed by atoms with Crippen molar-refractivity contribution in [3.8, 4) is 0 Å². The van der Waals surface area contributed by atoms with Crippen LogP contribution in [0.15, 0.2) is 42.5 Å². The highest BCUT2D eigenvalue weighted by Gasteiger charge is 2.42. The first kappa shape index (κ1) is 12.4. The van der Waals surface area contributed by atoms with E-state index in [4.69, 9.17) is 0 Å². The third-order valence-corrected chi connectivity index (χ3v) is 5.60. The van der Waals surface area contributed by atoms with Crippen LogP contribution in [0.4, 0.5) is 0 Å². The smallest absolute Gasteiger partial charge is 0.0611 e. The SMILES string of the molecule is OC(Cc1cccc2ccccc12)C1CC2CCC1C2. The number of hydrogen-bond donors (Lipinski definition) is 1. The predicted molar refractivity (Wildman–Crippen MR) is 82.6 cm³/mol. The van der Waals surface area contributed by atoms with Gasteiger partial charge in [0.15, 0.2) is 0 Å². The fourth-order valence-electron chi connectivity index (χ4n) is 4.61. The van der Waals surface area contributed by atoms with Crippen LogP contribution in [0.25, 0.3) is 10.8 Å². The molecule has 2 saturated carbocycles. The minimum atomic E-state index is -0.156. The van der Waals surface area contributed by atoms with Crippen molar-refractivity contribution >= 4 is 10.8 Å². The molecule has 0 spiro atoms. The lowest BCUT2D eigenvalue weighted by molar-refractivity contribution is 0.0753. The molecule has 1 nitrogen and oxygen atoms in total. The minimum absolute atomic E-state index is 0.156. The molecule has 0 radical (unpaired) electrons. The van der Waals surface area contributed by atoms with Gasteiger partial charge in [0.2, 0.25) is 0 Å². The average molecular weight is 266 g/mol. The molecule has 1 N–H and O–H groups in total. The van der Waals surface area contributed by atoms with Gasteiger partial charge in [0.1, 0.15) is 0 Å². The van der Waals surface area contributed by atoms with Crippen LogP contribution in [0, 0.1) is 17.8 Å². The number of fused-ring (bicyclic) bond motifs is 3. The largest absolute Gasteiger partial charge is 0.392 e. The lowest BCUT2D eigenvalue weighted by atomic mass is 9.82. The summed E-state index contributed by atoms with van der Waals surface area (Å²) in [7, 11) is 0. The van der Waals surface area contributed by atoms with E-state index < -0.39 is 0 Å². The van der Waals surface area contributed by atoms with Gasteiger partial charge in [-0.2, -0.15) is 0 Å². The number of aliphatic hydroxyl groups excluding tert-OH is 1. The summed E-state index contributed by atoms with van der Waals surface area (Å²) >= 11 is 0. The molecule has 4 rings (SSSR count). The second kappa shape index (κ2) is 4.89. The van der Waals surface area contributed by atoms with Gasteiger partial charge in [0, 0.05) is 0 Å². The van der Waals surface area contributed by atoms with Crippen molar-refractivity contribution < 1.29 is 5.11 Å². The third-order valence-electron chi connectivity index (χ3n) is 5.60. The van der Waals surface area contributed by atoms with E-state index in [0.717, 1.165) is 18.3 Å². The van der Waals surface area contributed by atoms with Crippen LogP contribution in [0.5, 0.6) is 0 Å². The lowest BCUT2D eigenvalue weighted by Gasteiger charge is -2.27. The van der Waals surface area contributed by atoms with E-state index in [1.807, 2.05) is 0 Å². The van der Waals surface area contributed by atoms with Crippen LogP contribution in [-0.4, -0.2) is 11.2 Å². The van der Waals surface area contributed by atoms with Crippen LogP contribution in [0.1, 0.15) is 31.2 Å². The molecule has 0 heterocycles. The zero-order valence-electron chi connectivity index (χ0n) is 11.8. The van der Waals surface area contributed by atoms with Gasteiger partial charge < -0.3 is 5.11 Å². The molecule has 2 fully saturated rings. The predicted octanol–water partition coefficient (Wildman–Crippen LogP) is 4.18. The maximum absolute atomic E-state index is 10.7. The summed E-state index contributed by atoms with van der Waals surface area (Å²) in [6.07, 6.45) is 6.05. The summed E-state index contributed by atoms with van der Waals surface area (Å²) in [6, 6.07) is 15.0. The standard InChI is InChI=1S/C19H22O/c20-19(18-11-13-8-9-16(18)10-13)12-15-6-3-5-14-4-1-2-7-17(14)15/h1-7,13,16,18-20H,8-12H2. The molecule has 0 saturated heterocycles. The Morgan fingerprint density at radius 1 is 1.00 bits per heavy atom. The first-order valence-corrected chi connectivity index (χ1v) is 7.96. The summed E-state index contributed by atoms with van der Waals surface area (Å²) in [4.78, 5) is 0. The van der Waals surface area contributed by atoms with Gasteiger partial charge in [-0.25, -0.2) is 0 Å². The van der Waals surface area contributed by atoms with Crippen LogP contribution in [0.3, 0.4) is 0 Å². The minimum Gasteiger partial charge on any atom is -0.392 e. The molecule has 4 unspecified atom stereocenters. The lowest BCUT2D eigenvalue weighted by Crippen LogP contribution is -2.27. The van der Waals surface area contributed by atoms with E-state index >= 15 is 0 Å². The summed E-state index contributed by atoms with van der Waals surface area (Å²) in [5.41, 5.74) is 1.30. The Morgan fingerprint density at radius 3 is 2.65 bits per heavy atom. The summed E-state index contributed by atoms with van der Waals surface area (Å²) in [5, 5.41) is 13.3. The number of hydrogen-bond acceptors (Lipinski definition) is 1. The van der Waals surface area contributed by atoms with E-state index in [1.54, 1.807) is 0 Å². The molecule has 2 aliphatic rings. The number of rotatable bonds is 3. The zero-order chi connectivity index (χ0) is 13.5. The van der Waals surface area contributed by atoms with Gasteiger partial charge in [-0.1, -0.05) is 48.9 Å². The molecule has 2 aliphatic carbocycles. The first-order chi connectivity index (χ1) is 9.81. The molecule has 0 amide bonds. The maximum Gasteiger partial charge on any atom is 0.0611 e.